The summed E-state index contributed by atoms with van der Waals surface area (Å²) in [6.07, 6.45) is 0.750. The summed E-state index contributed by atoms with van der Waals surface area (Å²) in [7, 11) is 1.55. The standard InChI is InChI=1S/C4H8NO2/c1-7-4-2-3-5(4)6/h4H,2-3H2,1H3/q-1. The minimum absolute atomic E-state index is 0.139. The first kappa shape index (κ1) is 5.03. The van der Waals surface area contributed by atoms with Gasteiger partial charge in [0.2, 0.25) is 0 Å². The minimum atomic E-state index is -0.139. The Balaban J connectivity index is 2.16. The fourth-order valence-electron chi connectivity index (χ4n) is 0.575. The normalized spacial score (nSPS) is 32.6. The van der Waals surface area contributed by atoms with Gasteiger partial charge in [-0.05, 0) is 13.0 Å². The quantitative estimate of drug-likeness (QED) is 0.473. The third-order valence-electron chi connectivity index (χ3n) is 1.19. The van der Waals surface area contributed by atoms with Gasteiger partial charge in [-0.15, -0.1) is 0 Å². The number of nitrogens with zero attached hydrogens (tertiary/aromatic N) is 1. The largest absolute Gasteiger partial charge is 0.783 e. The van der Waals surface area contributed by atoms with Crippen LogP contribution in [0, 0.1) is 5.21 Å². The Bertz CT molecular complexity index is 64.7. The summed E-state index contributed by atoms with van der Waals surface area (Å²) in [5, 5.41) is 11.2. The molecule has 0 spiro atoms. The number of hydroxylamine groups is 2. The molecule has 1 fully saturated rings. The Morgan fingerprint density at radius 3 is 2.57 bits per heavy atom. The molecule has 1 rings (SSSR count). The van der Waals surface area contributed by atoms with Gasteiger partial charge in [-0.1, -0.05) is 0 Å². The molecule has 0 aromatic rings. The topological polar surface area (TPSA) is 35.5 Å². The van der Waals surface area contributed by atoms with E-state index in [9.17, 15) is 5.21 Å². The molecule has 1 unspecified atom stereocenters. The van der Waals surface area contributed by atoms with Crippen LogP contribution in [0.1, 0.15) is 6.42 Å². The van der Waals surface area contributed by atoms with Gasteiger partial charge in [-0.25, -0.2) is 0 Å². The van der Waals surface area contributed by atoms with Crippen LogP contribution in [0.4, 0.5) is 0 Å². The maximum Gasteiger partial charge on any atom is 0.0997 e. The number of hydrogen-bond acceptors (Lipinski definition) is 3. The van der Waals surface area contributed by atoms with Gasteiger partial charge in [0, 0.05) is 7.11 Å². The van der Waals surface area contributed by atoms with E-state index >= 15 is 0 Å². The molecule has 3 nitrogen and oxygen atoms in total. The lowest BCUT2D eigenvalue weighted by molar-refractivity contribution is -0.0717. The third kappa shape index (κ3) is 0.748. The summed E-state index contributed by atoms with van der Waals surface area (Å²) >= 11 is 0. The lowest BCUT2D eigenvalue weighted by Gasteiger charge is -2.44. The number of hydrogen-bond donors (Lipinski definition) is 0. The van der Waals surface area contributed by atoms with Crippen molar-refractivity contribution in [3.63, 3.8) is 0 Å². The third-order valence-corrected chi connectivity index (χ3v) is 1.19. The number of ether oxygens (including phenoxy) is 1. The Kier molecular flexibility index (Phi) is 1.27. The molecule has 1 aliphatic heterocycles. The second kappa shape index (κ2) is 1.78. The van der Waals surface area contributed by atoms with Gasteiger partial charge in [0.15, 0.2) is 0 Å². The van der Waals surface area contributed by atoms with Crippen LogP contribution in [0.15, 0.2) is 0 Å². The molecule has 1 atom stereocenters. The highest BCUT2D eigenvalue weighted by atomic mass is 16.6. The SMILES string of the molecule is COC1CCN1[O-]. The molecule has 0 aliphatic carbocycles. The van der Waals surface area contributed by atoms with E-state index < -0.39 is 0 Å². The molecule has 0 amide bonds. The molecule has 1 aliphatic rings. The van der Waals surface area contributed by atoms with Crippen molar-refractivity contribution in [1.82, 2.24) is 5.06 Å². The molecule has 3 heteroatoms. The first-order valence-electron chi connectivity index (χ1n) is 2.31. The molecule has 0 radical (unpaired) electrons. The predicted molar refractivity (Wildman–Crippen MR) is 25.5 cm³/mol. The van der Waals surface area contributed by atoms with E-state index in [4.69, 9.17) is 4.74 Å². The average molecular weight is 102 g/mol. The van der Waals surface area contributed by atoms with Gasteiger partial charge in [0.05, 0.1) is 6.23 Å². The lowest BCUT2D eigenvalue weighted by Crippen LogP contribution is -2.44. The van der Waals surface area contributed by atoms with E-state index in [0.717, 1.165) is 11.5 Å². The van der Waals surface area contributed by atoms with Crippen LogP contribution < -0.4 is 0 Å². The zero-order valence-corrected chi connectivity index (χ0v) is 4.26. The van der Waals surface area contributed by atoms with Gasteiger partial charge in [-0.3, -0.25) is 0 Å². The zero-order valence-electron chi connectivity index (χ0n) is 4.26. The molecule has 42 valence electrons. The fourth-order valence-corrected chi connectivity index (χ4v) is 0.575. The molecule has 0 N–H and O–H groups in total. The van der Waals surface area contributed by atoms with Crippen LogP contribution in [0.5, 0.6) is 0 Å². The van der Waals surface area contributed by atoms with Crippen molar-refractivity contribution in [3.05, 3.63) is 5.21 Å². The van der Waals surface area contributed by atoms with Crippen LogP contribution in [0.3, 0.4) is 0 Å². The molecular formula is C4H8NO2-. The highest BCUT2D eigenvalue weighted by Crippen LogP contribution is 2.14. The van der Waals surface area contributed by atoms with Crippen LogP contribution in [0.25, 0.3) is 0 Å². The Morgan fingerprint density at radius 1 is 1.86 bits per heavy atom. The van der Waals surface area contributed by atoms with Crippen LogP contribution in [0.2, 0.25) is 0 Å². The first-order valence-corrected chi connectivity index (χ1v) is 2.31. The van der Waals surface area contributed by atoms with Crippen LogP contribution >= 0.6 is 0 Å². The van der Waals surface area contributed by atoms with Crippen molar-refractivity contribution in [3.8, 4) is 0 Å². The second-order valence-electron chi connectivity index (χ2n) is 1.62. The molecule has 7 heavy (non-hydrogen) atoms. The smallest absolute Gasteiger partial charge is 0.0997 e. The molecule has 0 aromatic carbocycles. The maximum atomic E-state index is 10.3. The molecular weight excluding hydrogens is 94.0 g/mol. The van der Waals surface area contributed by atoms with Gasteiger partial charge in [-0.2, -0.15) is 0 Å². The summed E-state index contributed by atoms with van der Waals surface area (Å²) in [6, 6.07) is 0. The highest BCUT2D eigenvalue weighted by Gasteiger charge is 2.17. The molecule has 0 aromatic heterocycles. The van der Waals surface area contributed by atoms with Crippen molar-refractivity contribution < 1.29 is 4.74 Å². The first-order chi connectivity index (χ1) is 3.34. The van der Waals surface area contributed by atoms with E-state index in [0.29, 0.717) is 6.54 Å². The van der Waals surface area contributed by atoms with Crippen molar-refractivity contribution in [2.24, 2.45) is 0 Å². The average Bonchev–Trinajstić information content (AvgIpc) is 1.65. The summed E-state index contributed by atoms with van der Waals surface area (Å²) in [5.74, 6) is 0. The maximum absolute atomic E-state index is 10.3. The fraction of sp³-hybridized carbons (Fsp3) is 1.00. The molecule has 0 bridgehead atoms. The van der Waals surface area contributed by atoms with Crippen molar-refractivity contribution in [2.75, 3.05) is 13.7 Å². The van der Waals surface area contributed by atoms with Gasteiger partial charge in [0.1, 0.15) is 0 Å². The Morgan fingerprint density at radius 2 is 2.57 bits per heavy atom. The monoisotopic (exact) mass is 102 g/mol. The van der Waals surface area contributed by atoms with Crippen LogP contribution in [-0.4, -0.2) is 24.9 Å². The molecule has 0 saturated carbocycles. The number of methoxy groups -OCH3 is 1. The van der Waals surface area contributed by atoms with Crippen molar-refractivity contribution in [2.45, 2.75) is 12.6 Å². The van der Waals surface area contributed by atoms with E-state index in [-0.39, 0.29) is 6.23 Å². The highest BCUT2D eigenvalue weighted by molar-refractivity contribution is 4.74. The lowest BCUT2D eigenvalue weighted by atomic mass is 10.2. The minimum Gasteiger partial charge on any atom is -0.783 e. The molecule has 1 saturated heterocycles. The van der Waals surface area contributed by atoms with Gasteiger partial charge in [0.25, 0.3) is 0 Å². The zero-order chi connectivity index (χ0) is 5.28. The van der Waals surface area contributed by atoms with Gasteiger partial charge >= 0.3 is 0 Å². The second-order valence-corrected chi connectivity index (χ2v) is 1.62. The van der Waals surface area contributed by atoms with E-state index in [1.54, 1.807) is 7.11 Å². The van der Waals surface area contributed by atoms with Gasteiger partial charge < -0.3 is 15.0 Å². The van der Waals surface area contributed by atoms with E-state index in [1.165, 1.54) is 0 Å². The summed E-state index contributed by atoms with van der Waals surface area (Å²) in [4.78, 5) is 0. The van der Waals surface area contributed by atoms with E-state index in [2.05, 4.69) is 0 Å². The number of rotatable bonds is 1. The van der Waals surface area contributed by atoms with Crippen LogP contribution in [-0.2, 0) is 4.74 Å². The van der Waals surface area contributed by atoms with Crippen molar-refractivity contribution >= 4 is 0 Å². The summed E-state index contributed by atoms with van der Waals surface area (Å²) < 4.78 is 4.71. The Labute approximate surface area is 42.4 Å². The van der Waals surface area contributed by atoms with Crippen molar-refractivity contribution in [1.29, 1.82) is 0 Å². The van der Waals surface area contributed by atoms with E-state index in [1.807, 2.05) is 0 Å². The Hall–Kier alpha value is -0.120. The summed E-state index contributed by atoms with van der Waals surface area (Å²) in [5.41, 5.74) is 0. The summed E-state index contributed by atoms with van der Waals surface area (Å²) in [6.45, 7) is 0.637. The predicted octanol–water partition coefficient (Wildman–Crippen LogP) is 0.162. The molecule has 1 heterocycles.